The first-order valence-corrected chi connectivity index (χ1v) is 20.1. The normalized spacial score (nSPS) is 12.5. The van der Waals surface area contributed by atoms with E-state index >= 15 is 0 Å². The molecule has 0 heterocycles. The third-order valence-corrected chi connectivity index (χ3v) is 9.80. The zero-order valence-electron chi connectivity index (χ0n) is 29.4. The van der Waals surface area contributed by atoms with Crippen LogP contribution in [0, 0.1) is 10.1 Å². The van der Waals surface area contributed by atoms with Crippen molar-refractivity contribution in [3.63, 3.8) is 0 Å². The van der Waals surface area contributed by atoms with Crippen molar-refractivity contribution in [3.8, 4) is 0 Å². The summed E-state index contributed by atoms with van der Waals surface area (Å²) in [4.78, 5) is 10.2. The van der Waals surface area contributed by atoms with E-state index in [9.17, 15) is 18.5 Å². The van der Waals surface area contributed by atoms with E-state index in [2.05, 4.69) is 13.8 Å². The van der Waals surface area contributed by atoms with Gasteiger partial charge in [0.25, 0.3) is 15.8 Å². The van der Waals surface area contributed by atoms with Crippen LogP contribution in [-0.4, -0.2) is 45.9 Å². The van der Waals surface area contributed by atoms with E-state index in [1.165, 1.54) is 147 Å². The number of hydrogen-bond donors (Lipinski definition) is 0. The minimum absolute atomic E-state index is 0.193. The average Bonchev–Trinajstić information content (AvgIpc) is 3.05. The number of benzene rings is 1. The van der Waals surface area contributed by atoms with Crippen molar-refractivity contribution in [1.29, 1.82) is 0 Å². The van der Waals surface area contributed by atoms with Gasteiger partial charge in [0.2, 0.25) is 0 Å². The summed E-state index contributed by atoms with van der Waals surface area (Å²) in [6.07, 6.45) is 29.9. The van der Waals surface area contributed by atoms with Crippen molar-refractivity contribution in [2.24, 2.45) is 0 Å². The van der Waals surface area contributed by atoms with E-state index in [0.29, 0.717) is 13.2 Å². The third-order valence-electron chi connectivity index (χ3n) is 8.52. The number of unbranched alkanes of at least 4 members (excludes halogenated alkanes) is 22. The van der Waals surface area contributed by atoms with Crippen molar-refractivity contribution in [2.75, 3.05) is 26.4 Å². The molecule has 0 saturated heterocycles. The van der Waals surface area contributed by atoms with Crippen molar-refractivity contribution in [2.45, 2.75) is 179 Å². The van der Waals surface area contributed by atoms with Gasteiger partial charge in [-0.05, 0) is 18.9 Å². The SMILES string of the molecule is CCCCCCCCCCCCCCOC[C@H](COS(=O)(=O)c1cccc([N+](=O)[O-])c1)OCCCCCCCCCCCCCC. The highest BCUT2D eigenvalue weighted by Crippen LogP contribution is 2.20. The van der Waals surface area contributed by atoms with Crippen molar-refractivity contribution >= 4 is 15.8 Å². The Morgan fingerprint density at radius 3 is 1.52 bits per heavy atom. The molecule has 0 N–H and O–H groups in total. The van der Waals surface area contributed by atoms with Gasteiger partial charge in [-0.15, -0.1) is 0 Å². The smallest absolute Gasteiger partial charge is 0.297 e. The van der Waals surface area contributed by atoms with E-state index in [-0.39, 0.29) is 23.8 Å². The Bertz CT molecular complexity index is 957. The van der Waals surface area contributed by atoms with Gasteiger partial charge in [-0.25, -0.2) is 0 Å². The molecule has 8 nitrogen and oxygen atoms in total. The van der Waals surface area contributed by atoms with E-state index in [4.69, 9.17) is 13.7 Å². The second-order valence-electron chi connectivity index (χ2n) is 12.8. The van der Waals surface area contributed by atoms with Gasteiger partial charge in [0.05, 0.1) is 18.1 Å². The van der Waals surface area contributed by atoms with Crippen LogP contribution < -0.4 is 0 Å². The highest BCUT2D eigenvalue weighted by Gasteiger charge is 2.21. The molecule has 0 spiro atoms. The molecule has 0 saturated carbocycles. The average molecular weight is 670 g/mol. The number of hydrogen-bond acceptors (Lipinski definition) is 7. The van der Waals surface area contributed by atoms with E-state index in [1.54, 1.807) is 0 Å². The molecule has 1 atom stereocenters. The molecule has 0 aliphatic heterocycles. The Morgan fingerprint density at radius 1 is 0.630 bits per heavy atom. The van der Waals surface area contributed by atoms with Crippen LogP contribution in [-0.2, 0) is 23.8 Å². The second kappa shape index (κ2) is 29.6. The van der Waals surface area contributed by atoms with Gasteiger partial charge >= 0.3 is 0 Å². The molecule has 0 bridgehead atoms. The molecular formula is C37H67NO7S. The predicted molar refractivity (Wildman–Crippen MR) is 189 cm³/mol. The Balaban J connectivity index is 2.33. The molecule has 1 rings (SSSR count). The molecule has 9 heteroatoms. The van der Waals surface area contributed by atoms with Crippen LogP contribution in [0.3, 0.4) is 0 Å². The maximum absolute atomic E-state index is 12.8. The van der Waals surface area contributed by atoms with Crippen LogP contribution in [0.15, 0.2) is 29.2 Å². The molecule has 46 heavy (non-hydrogen) atoms. The lowest BCUT2D eigenvalue weighted by Gasteiger charge is -2.18. The number of ether oxygens (including phenoxy) is 2. The highest BCUT2D eigenvalue weighted by atomic mass is 32.2. The molecular weight excluding hydrogens is 602 g/mol. The largest absolute Gasteiger partial charge is 0.379 e. The molecule has 268 valence electrons. The van der Waals surface area contributed by atoms with Crippen molar-refractivity contribution in [3.05, 3.63) is 34.4 Å². The summed E-state index contributed by atoms with van der Waals surface area (Å²) in [5.41, 5.74) is -0.296. The summed E-state index contributed by atoms with van der Waals surface area (Å²) in [5, 5.41) is 11.1. The van der Waals surface area contributed by atoms with Crippen LogP contribution >= 0.6 is 0 Å². The van der Waals surface area contributed by atoms with E-state index in [1.807, 2.05) is 0 Å². The monoisotopic (exact) mass is 669 g/mol. The zero-order valence-corrected chi connectivity index (χ0v) is 30.2. The molecule has 0 fully saturated rings. The number of nitro benzene ring substituents is 1. The molecule has 0 amide bonds. The summed E-state index contributed by atoms with van der Waals surface area (Å²) in [5.74, 6) is 0. The highest BCUT2D eigenvalue weighted by molar-refractivity contribution is 7.86. The Morgan fingerprint density at radius 2 is 1.07 bits per heavy atom. The van der Waals surface area contributed by atoms with Crippen LogP contribution in [0.1, 0.15) is 168 Å². The van der Waals surface area contributed by atoms with Gasteiger partial charge in [0.15, 0.2) is 0 Å². The topological polar surface area (TPSA) is 105 Å². The van der Waals surface area contributed by atoms with Gasteiger partial charge in [-0.2, -0.15) is 8.42 Å². The van der Waals surface area contributed by atoms with Crippen LogP contribution in [0.5, 0.6) is 0 Å². The summed E-state index contributed by atoms with van der Waals surface area (Å²) < 4.78 is 42.7. The fourth-order valence-electron chi connectivity index (χ4n) is 5.58. The lowest BCUT2D eigenvalue weighted by atomic mass is 10.1. The first-order valence-electron chi connectivity index (χ1n) is 18.7. The van der Waals surface area contributed by atoms with Crippen molar-refractivity contribution in [1.82, 2.24) is 0 Å². The first kappa shape index (κ1) is 42.5. The molecule has 0 aliphatic rings. The Kier molecular flexibility index (Phi) is 27.3. The van der Waals surface area contributed by atoms with Gasteiger partial charge in [0, 0.05) is 25.3 Å². The van der Waals surface area contributed by atoms with Gasteiger partial charge in [0.1, 0.15) is 11.0 Å². The van der Waals surface area contributed by atoms with Crippen molar-refractivity contribution < 1.29 is 27.0 Å². The fraction of sp³-hybridized carbons (Fsp3) is 0.838. The van der Waals surface area contributed by atoms with E-state index in [0.717, 1.165) is 31.7 Å². The summed E-state index contributed by atoms with van der Waals surface area (Å²) in [7, 11) is -4.17. The van der Waals surface area contributed by atoms with Gasteiger partial charge < -0.3 is 9.47 Å². The molecule has 0 aliphatic carbocycles. The molecule has 1 aromatic carbocycles. The standard InChI is InChI=1S/C37H67NO7S/c1-3-5-7-9-11-13-15-17-19-21-23-25-30-43-33-36(34-45-46(41,42)37-29-27-28-35(32-37)38(39)40)44-31-26-24-22-20-18-16-14-12-10-8-6-4-2/h27-29,32,36H,3-26,30-31,33-34H2,1-2H3/t36-/m1/s1. The Labute approximate surface area is 282 Å². The quantitative estimate of drug-likeness (QED) is 0.0311. The summed E-state index contributed by atoms with van der Waals surface area (Å²) in [6.45, 7) is 5.69. The predicted octanol–water partition coefficient (Wildman–Crippen LogP) is 11.1. The number of non-ortho nitro benzene ring substituents is 1. The number of nitro groups is 1. The lowest BCUT2D eigenvalue weighted by Crippen LogP contribution is -2.28. The number of nitrogens with zero attached hydrogens (tertiary/aromatic N) is 1. The molecule has 0 aromatic heterocycles. The first-order chi connectivity index (χ1) is 22.4. The van der Waals surface area contributed by atoms with Crippen LogP contribution in [0.25, 0.3) is 0 Å². The third kappa shape index (κ3) is 23.7. The van der Waals surface area contributed by atoms with Crippen LogP contribution in [0.4, 0.5) is 5.69 Å². The second-order valence-corrected chi connectivity index (χ2v) is 14.5. The van der Waals surface area contributed by atoms with Gasteiger partial charge in [-0.1, -0.05) is 161 Å². The zero-order chi connectivity index (χ0) is 33.6. The summed E-state index contributed by atoms with van der Waals surface area (Å²) in [6, 6.07) is 4.91. The van der Waals surface area contributed by atoms with Crippen LogP contribution in [0.2, 0.25) is 0 Å². The maximum Gasteiger partial charge on any atom is 0.297 e. The minimum atomic E-state index is -4.17. The lowest BCUT2D eigenvalue weighted by molar-refractivity contribution is -0.385. The Hall–Kier alpha value is -1.55. The maximum atomic E-state index is 12.8. The minimum Gasteiger partial charge on any atom is -0.379 e. The molecule has 0 unspecified atom stereocenters. The van der Waals surface area contributed by atoms with E-state index < -0.39 is 21.1 Å². The number of rotatable bonds is 34. The van der Waals surface area contributed by atoms with Gasteiger partial charge in [-0.3, -0.25) is 14.3 Å². The summed E-state index contributed by atoms with van der Waals surface area (Å²) >= 11 is 0. The fourth-order valence-corrected chi connectivity index (χ4v) is 6.56. The molecule has 0 radical (unpaired) electrons. The molecule has 1 aromatic rings.